The number of nitrogens with one attached hydrogen (secondary N) is 1. The van der Waals surface area contributed by atoms with Crippen molar-refractivity contribution >= 4 is 5.91 Å². The maximum atomic E-state index is 13.2. The predicted molar refractivity (Wildman–Crippen MR) is 142 cm³/mol. The van der Waals surface area contributed by atoms with Gasteiger partial charge < -0.3 is 19.5 Å². The van der Waals surface area contributed by atoms with Crippen LogP contribution in [0.4, 0.5) is 0 Å². The number of hydrogen-bond donors (Lipinski definition) is 1. The number of carbonyl (C=O) groups is 1. The van der Waals surface area contributed by atoms with Gasteiger partial charge in [-0.25, -0.2) is 0 Å². The molecule has 2 fully saturated rings. The average molecular weight is 496 g/mol. The van der Waals surface area contributed by atoms with Crippen LogP contribution in [0.3, 0.4) is 0 Å². The largest absolute Gasteiger partial charge is 0.497 e. The molecular weight excluding hydrogens is 454 g/mol. The number of ether oxygens (including phenoxy) is 3. The van der Waals surface area contributed by atoms with Crippen molar-refractivity contribution < 1.29 is 19.0 Å². The molecule has 2 aliphatic heterocycles. The summed E-state index contributed by atoms with van der Waals surface area (Å²) in [5.74, 6) is 2.32. The van der Waals surface area contributed by atoms with E-state index < -0.39 is 0 Å². The first kappa shape index (κ1) is 26.5. The lowest BCUT2D eigenvalue weighted by atomic mass is 9.95. The highest BCUT2D eigenvalue weighted by Gasteiger charge is 2.27. The van der Waals surface area contributed by atoms with Gasteiger partial charge in [-0.3, -0.25) is 14.6 Å². The fourth-order valence-electron chi connectivity index (χ4n) is 5.49. The second kappa shape index (κ2) is 12.6. The highest BCUT2D eigenvalue weighted by Crippen LogP contribution is 2.26. The van der Waals surface area contributed by atoms with Crippen LogP contribution in [0.15, 0.2) is 48.5 Å². The third-order valence-corrected chi connectivity index (χ3v) is 7.29. The first-order valence-corrected chi connectivity index (χ1v) is 13.1. The minimum atomic E-state index is -0.239. The van der Waals surface area contributed by atoms with Gasteiger partial charge in [-0.2, -0.15) is 0 Å². The first-order valence-electron chi connectivity index (χ1n) is 13.1. The summed E-state index contributed by atoms with van der Waals surface area (Å²) < 4.78 is 16.5. The van der Waals surface area contributed by atoms with Gasteiger partial charge in [-0.1, -0.05) is 24.3 Å². The number of carbonyl (C=O) groups excluding carboxylic acids is 1. The van der Waals surface area contributed by atoms with Crippen LogP contribution in [0.1, 0.15) is 43.9 Å². The van der Waals surface area contributed by atoms with E-state index in [0.29, 0.717) is 24.7 Å². The molecule has 0 bridgehead atoms. The van der Waals surface area contributed by atoms with Crippen molar-refractivity contribution in [3.63, 3.8) is 0 Å². The van der Waals surface area contributed by atoms with Crippen LogP contribution in [0, 0.1) is 5.92 Å². The van der Waals surface area contributed by atoms with E-state index in [1.165, 1.54) is 0 Å². The molecule has 2 aromatic carbocycles. The SMILES string of the molecule is COc1ccc(C(NC(=O)CN2CCC(CN3CC(C)OC(C)C3)CC2)c2ccc(OC)cc2)cc1. The summed E-state index contributed by atoms with van der Waals surface area (Å²) in [6, 6.07) is 15.5. The van der Waals surface area contributed by atoms with Crippen LogP contribution >= 0.6 is 0 Å². The van der Waals surface area contributed by atoms with Crippen LogP contribution in [-0.4, -0.2) is 81.4 Å². The second-order valence-electron chi connectivity index (χ2n) is 10.2. The Morgan fingerprint density at radius 2 is 1.39 bits per heavy atom. The molecule has 2 aromatic rings. The van der Waals surface area contributed by atoms with E-state index in [1.807, 2.05) is 48.5 Å². The molecule has 7 nitrogen and oxygen atoms in total. The molecule has 2 saturated heterocycles. The Bertz CT molecular complexity index is 900. The van der Waals surface area contributed by atoms with Gasteiger partial charge in [0.15, 0.2) is 0 Å². The van der Waals surface area contributed by atoms with E-state index in [9.17, 15) is 4.79 Å². The summed E-state index contributed by atoms with van der Waals surface area (Å²) in [7, 11) is 3.31. The van der Waals surface area contributed by atoms with E-state index in [1.54, 1.807) is 14.2 Å². The van der Waals surface area contributed by atoms with Gasteiger partial charge >= 0.3 is 0 Å². The van der Waals surface area contributed by atoms with Crippen molar-refractivity contribution in [2.24, 2.45) is 5.92 Å². The molecule has 2 unspecified atom stereocenters. The molecular formula is C29H41N3O4. The van der Waals surface area contributed by atoms with Crippen LogP contribution in [0.25, 0.3) is 0 Å². The average Bonchev–Trinajstić information content (AvgIpc) is 2.88. The van der Waals surface area contributed by atoms with Gasteiger partial charge in [0.2, 0.25) is 5.91 Å². The summed E-state index contributed by atoms with van der Waals surface area (Å²) in [5, 5.41) is 3.27. The summed E-state index contributed by atoms with van der Waals surface area (Å²) in [4.78, 5) is 18.0. The number of benzene rings is 2. The van der Waals surface area contributed by atoms with E-state index in [-0.39, 0.29) is 11.9 Å². The standard InChI is InChI=1S/C29H41N3O4/c1-21-17-32(18-22(2)36-21)19-23-13-15-31(16-14-23)20-28(33)30-29(24-5-9-26(34-3)10-6-24)25-7-11-27(35-4)12-8-25/h5-12,21-23,29H,13-20H2,1-4H3,(H,30,33). The fourth-order valence-corrected chi connectivity index (χ4v) is 5.49. The predicted octanol–water partition coefficient (Wildman–Crippen LogP) is 3.73. The number of likely N-dealkylation sites (tertiary alicyclic amines) is 1. The minimum Gasteiger partial charge on any atom is -0.497 e. The molecule has 0 saturated carbocycles. The van der Waals surface area contributed by atoms with Gasteiger partial charge in [-0.15, -0.1) is 0 Å². The Labute approximate surface area is 215 Å². The lowest BCUT2D eigenvalue weighted by molar-refractivity contribution is -0.123. The molecule has 0 radical (unpaired) electrons. The topological polar surface area (TPSA) is 63.3 Å². The zero-order valence-electron chi connectivity index (χ0n) is 22.1. The molecule has 4 rings (SSSR count). The molecule has 2 heterocycles. The van der Waals surface area contributed by atoms with Crippen molar-refractivity contribution in [3.05, 3.63) is 59.7 Å². The molecule has 7 heteroatoms. The Hall–Kier alpha value is -2.61. The van der Waals surface area contributed by atoms with Crippen LogP contribution in [0.2, 0.25) is 0 Å². The Morgan fingerprint density at radius 3 is 1.86 bits per heavy atom. The van der Waals surface area contributed by atoms with Gasteiger partial charge in [0, 0.05) is 19.6 Å². The number of piperidine rings is 1. The second-order valence-corrected chi connectivity index (χ2v) is 10.2. The van der Waals surface area contributed by atoms with Crippen LogP contribution in [0.5, 0.6) is 11.5 Å². The van der Waals surface area contributed by atoms with Gasteiger partial charge in [-0.05, 0) is 81.1 Å². The summed E-state index contributed by atoms with van der Waals surface area (Å²) in [6.45, 7) is 9.84. The number of hydrogen-bond acceptors (Lipinski definition) is 6. The van der Waals surface area contributed by atoms with Gasteiger partial charge in [0.25, 0.3) is 0 Å². The molecule has 1 N–H and O–H groups in total. The highest BCUT2D eigenvalue weighted by molar-refractivity contribution is 5.79. The molecule has 0 aromatic heterocycles. The smallest absolute Gasteiger partial charge is 0.234 e. The van der Waals surface area contributed by atoms with Gasteiger partial charge in [0.05, 0.1) is 39.0 Å². The first-order chi connectivity index (χ1) is 17.4. The maximum absolute atomic E-state index is 13.2. The number of amides is 1. The number of morpholine rings is 1. The molecule has 0 spiro atoms. The normalized spacial score (nSPS) is 21.9. The lowest BCUT2D eigenvalue weighted by Crippen LogP contribution is -2.49. The summed E-state index contributed by atoms with van der Waals surface area (Å²) in [5.41, 5.74) is 2.03. The highest BCUT2D eigenvalue weighted by atomic mass is 16.5. The Morgan fingerprint density at radius 1 is 0.889 bits per heavy atom. The van der Waals surface area contributed by atoms with E-state index in [0.717, 1.165) is 68.2 Å². The Kier molecular flexibility index (Phi) is 9.24. The van der Waals surface area contributed by atoms with Crippen molar-refractivity contribution in [2.45, 2.75) is 44.9 Å². The van der Waals surface area contributed by atoms with E-state index >= 15 is 0 Å². The van der Waals surface area contributed by atoms with E-state index in [2.05, 4.69) is 29.0 Å². The quantitative estimate of drug-likeness (QED) is 0.572. The zero-order valence-corrected chi connectivity index (χ0v) is 22.1. The molecule has 2 aliphatic rings. The number of nitrogens with zero attached hydrogens (tertiary/aromatic N) is 2. The summed E-state index contributed by atoms with van der Waals surface area (Å²) >= 11 is 0. The molecule has 196 valence electrons. The van der Waals surface area contributed by atoms with Gasteiger partial charge in [0.1, 0.15) is 11.5 Å². The van der Waals surface area contributed by atoms with Crippen molar-refractivity contribution in [2.75, 3.05) is 53.5 Å². The van der Waals surface area contributed by atoms with Crippen LogP contribution < -0.4 is 14.8 Å². The third kappa shape index (κ3) is 7.21. The molecule has 1 amide bonds. The molecule has 2 atom stereocenters. The zero-order chi connectivity index (χ0) is 25.5. The monoisotopic (exact) mass is 495 g/mol. The fraction of sp³-hybridized carbons (Fsp3) is 0.552. The number of methoxy groups -OCH3 is 2. The van der Waals surface area contributed by atoms with Crippen molar-refractivity contribution in [1.29, 1.82) is 0 Å². The molecule has 0 aliphatic carbocycles. The van der Waals surface area contributed by atoms with Crippen molar-refractivity contribution in [3.8, 4) is 11.5 Å². The molecule has 36 heavy (non-hydrogen) atoms. The lowest BCUT2D eigenvalue weighted by Gasteiger charge is -2.39. The Balaban J connectivity index is 1.33. The minimum absolute atomic E-state index is 0.0425. The third-order valence-electron chi connectivity index (χ3n) is 7.29. The van der Waals surface area contributed by atoms with Crippen molar-refractivity contribution in [1.82, 2.24) is 15.1 Å². The van der Waals surface area contributed by atoms with Crippen LogP contribution in [-0.2, 0) is 9.53 Å². The maximum Gasteiger partial charge on any atom is 0.234 e. The number of rotatable bonds is 9. The summed E-state index contributed by atoms with van der Waals surface area (Å²) in [6.07, 6.45) is 2.88. The van der Waals surface area contributed by atoms with E-state index in [4.69, 9.17) is 14.2 Å².